The van der Waals surface area contributed by atoms with Crippen molar-refractivity contribution in [2.45, 2.75) is 83.8 Å². The van der Waals surface area contributed by atoms with Crippen LogP contribution in [0.2, 0.25) is 0 Å². The number of amides is 1. The number of carboxylic acid groups (broad SMARTS) is 1. The first kappa shape index (κ1) is 38.6. The van der Waals surface area contributed by atoms with Gasteiger partial charge in [0.25, 0.3) is 5.56 Å². The minimum absolute atomic E-state index is 0.0184. The SMILES string of the molecule is C#Cc1cc(F)c(C(CC(=O)O)NC(=O)C(CC(C)C)n2cc(CCN3CC4CC(C3)O4)c(C(F)(F)F)cc2=O)c(F)c1-c1c(C)cc(F)cc1C. The second kappa shape index (κ2) is 15.2. The van der Waals surface area contributed by atoms with Gasteiger partial charge < -0.3 is 19.7 Å². The first-order chi connectivity index (χ1) is 24.4. The Morgan fingerprint density at radius 3 is 2.21 bits per heavy atom. The van der Waals surface area contributed by atoms with E-state index in [4.69, 9.17) is 11.2 Å². The summed E-state index contributed by atoms with van der Waals surface area (Å²) in [6.45, 7) is 7.72. The van der Waals surface area contributed by atoms with Gasteiger partial charge in [-0.05, 0) is 73.1 Å². The summed E-state index contributed by atoms with van der Waals surface area (Å²) in [7, 11) is 0. The van der Waals surface area contributed by atoms with Crippen molar-refractivity contribution in [3.05, 3.63) is 91.6 Å². The molecule has 14 heteroatoms. The molecule has 4 unspecified atom stereocenters. The number of nitrogens with zero attached hydrogens (tertiary/aromatic N) is 2. The molecular formula is C38H39F6N3O5. The fourth-order valence-corrected chi connectivity index (χ4v) is 7.28. The molecule has 3 aromatic rings. The zero-order valence-corrected chi connectivity index (χ0v) is 29.0. The Hall–Kier alpha value is -4.61. The quantitative estimate of drug-likeness (QED) is 0.163. The Kier molecular flexibility index (Phi) is 11.3. The number of carboxylic acids is 1. The lowest BCUT2D eigenvalue weighted by Gasteiger charge is -2.47. The average Bonchev–Trinajstić information content (AvgIpc) is 3.02. The number of rotatable bonds is 12. The van der Waals surface area contributed by atoms with Crippen LogP contribution < -0.4 is 10.9 Å². The molecule has 278 valence electrons. The molecular weight excluding hydrogens is 692 g/mol. The lowest BCUT2D eigenvalue weighted by molar-refractivity contribution is -0.180. The highest BCUT2D eigenvalue weighted by atomic mass is 19.4. The summed E-state index contributed by atoms with van der Waals surface area (Å²) >= 11 is 0. The van der Waals surface area contributed by atoms with Gasteiger partial charge in [-0.15, -0.1) is 6.42 Å². The first-order valence-electron chi connectivity index (χ1n) is 16.9. The third-order valence-corrected chi connectivity index (χ3v) is 9.53. The molecule has 3 aliphatic heterocycles. The third-order valence-electron chi connectivity index (χ3n) is 9.53. The smallest absolute Gasteiger partial charge is 0.416 e. The van der Waals surface area contributed by atoms with Crippen molar-refractivity contribution in [2.75, 3.05) is 19.6 Å². The third kappa shape index (κ3) is 8.21. The molecule has 4 heterocycles. The fourth-order valence-electron chi connectivity index (χ4n) is 7.28. The fraction of sp³-hybridized carbons (Fsp3) is 0.447. The average molecular weight is 732 g/mol. The van der Waals surface area contributed by atoms with Gasteiger partial charge in [-0.25, -0.2) is 13.2 Å². The molecule has 0 saturated carbocycles. The van der Waals surface area contributed by atoms with E-state index in [9.17, 15) is 37.1 Å². The van der Waals surface area contributed by atoms with Crippen LogP contribution in [0.3, 0.4) is 0 Å². The molecule has 0 radical (unpaired) electrons. The number of aliphatic carboxylic acids is 1. The number of benzene rings is 2. The van der Waals surface area contributed by atoms with Gasteiger partial charge in [0.2, 0.25) is 5.91 Å². The van der Waals surface area contributed by atoms with Crippen LogP contribution >= 0.6 is 0 Å². The molecule has 0 spiro atoms. The van der Waals surface area contributed by atoms with E-state index in [-0.39, 0.29) is 70.9 Å². The Morgan fingerprint density at radius 1 is 1.06 bits per heavy atom. The van der Waals surface area contributed by atoms with E-state index in [0.717, 1.165) is 35.4 Å². The van der Waals surface area contributed by atoms with Crippen molar-refractivity contribution in [1.82, 2.24) is 14.8 Å². The van der Waals surface area contributed by atoms with Gasteiger partial charge in [-0.1, -0.05) is 19.8 Å². The molecule has 52 heavy (non-hydrogen) atoms. The number of morpholine rings is 1. The normalized spacial score (nSPS) is 18.4. The minimum Gasteiger partial charge on any atom is -0.481 e. The molecule has 4 atom stereocenters. The topological polar surface area (TPSA) is 101 Å². The Labute approximate surface area is 296 Å². The summed E-state index contributed by atoms with van der Waals surface area (Å²) in [6, 6.07) is 0.142. The molecule has 1 amide bonds. The summed E-state index contributed by atoms with van der Waals surface area (Å²) in [6.07, 6.45) is 1.43. The van der Waals surface area contributed by atoms with Crippen molar-refractivity contribution >= 4 is 11.9 Å². The number of alkyl halides is 3. The van der Waals surface area contributed by atoms with Crippen molar-refractivity contribution in [3.63, 3.8) is 0 Å². The number of fused-ring (bicyclic) bond motifs is 2. The lowest BCUT2D eigenvalue weighted by Crippen LogP contribution is -2.57. The second-order valence-corrected chi connectivity index (χ2v) is 14.0. The standard InChI is InChI=1S/C38H39F6N3O5/c1-6-22-12-28(40)35(36(41)34(22)33-20(4)10-24(39)11-21(33)5)29(15-32(49)50)45-37(51)30(9-19(2)3)47-16-23(27(14-31(47)48)38(42,43)44)7-8-46-17-25-13-26(18-46)52-25/h1,10-12,14,16,19,25-26,29-30H,7-9,13,15,17-18H2,2-5H3,(H,45,51)(H,49,50). The zero-order chi connectivity index (χ0) is 38.2. The second-order valence-electron chi connectivity index (χ2n) is 14.0. The summed E-state index contributed by atoms with van der Waals surface area (Å²) in [5, 5.41) is 12.2. The molecule has 2 bridgehead atoms. The summed E-state index contributed by atoms with van der Waals surface area (Å²) in [4.78, 5) is 41.4. The molecule has 2 N–H and O–H groups in total. The van der Waals surface area contributed by atoms with E-state index in [1.165, 1.54) is 13.8 Å². The number of nitrogens with one attached hydrogen (secondary N) is 1. The number of hydrogen-bond acceptors (Lipinski definition) is 5. The number of ether oxygens (including phenoxy) is 1. The molecule has 8 nitrogen and oxygen atoms in total. The number of pyridine rings is 1. The van der Waals surface area contributed by atoms with E-state index < -0.39 is 70.7 Å². The molecule has 3 saturated heterocycles. The molecule has 1 aromatic heterocycles. The molecule has 3 aliphatic rings. The molecule has 0 aliphatic carbocycles. The zero-order valence-electron chi connectivity index (χ0n) is 29.0. The number of terminal acetylenes is 1. The van der Waals surface area contributed by atoms with Crippen LogP contribution in [0.5, 0.6) is 0 Å². The van der Waals surface area contributed by atoms with Crippen LogP contribution in [0.4, 0.5) is 26.3 Å². The van der Waals surface area contributed by atoms with Crippen LogP contribution in [0.1, 0.15) is 78.6 Å². The molecule has 3 fully saturated rings. The highest BCUT2D eigenvalue weighted by Gasteiger charge is 2.40. The Morgan fingerprint density at radius 2 is 1.67 bits per heavy atom. The summed E-state index contributed by atoms with van der Waals surface area (Å²) in [5.41, 5.74) is -3.26. The largest absolute Gasteiger partial charge is 0.481 e. The van der Waals surface area contributed by atoms with E-state index >= 15 is 8.78 Å². The predicted molar refractivity (Wildman–Crippen MR) is 180 cm³/mol. The summed E-state index contributed by atoms with van der Waals surface area (Å²) < 4.78 is 95.5. The van der Waals surface area contributed by atoms with Crippen molar-refractivity contribution in [3.8, 4) is 23.5 Å². The van der Waals surface area contributed by atoms with Crippen molar-refractivity contribution in [2.24, 2.45) is 5.92 Å². The van der Waals surface area contributed by atoms with Gasteiger partial charge in [-0.2, -0.15) is 13.2 Å². The lowest BCUT2D eigenvalue weighted by atomic mass is 9.88. The van der Waals surface area contributed by atoms with Gasteiger partial charge in [0.15, 0.2) is 0 Å². The maximum Gasteiger partial charge on any atom is 0.416 e. The van der Waals surface area contributed by atoms with E-state index in [2.05, 4.69) is 11.2 Å². The maximum atomic E-state index is 16.6. The van der Waals surface area contributed by atoms with E-state index in [0.29, 0.717) is 19.2 Å². The van der Waals surface area contributed by atoms with Crippen LogP contribution in [0.15, 0.2) is 35.3 Å². The monoisotopic (exact) mass is 731 g/mol. The van der Waals surface area contributed by atoms with Gasteiger partial charge in [0.05, 0.1) is 30.2 Å². The number of halogens is 6. The first-order valence-corrected chi connectivity index (χ1v) is 16.9. The van der Waals surface area contributed by atoms with Crippen molar-refractivity contribution in [1.29, 1.82) is 0 Å². The Bertz CT molecular complexity index is 1950. The van der Waals surface area contributed by atoms with Gasteiger partial charge in [0.1, 0.15) is 23.5 Å². The number of aryl methyl sites for hydroxylation is 2. The minimum atomic E-state index is -4.87. The van der Waals surface area contributed by atoms with Crippen LogP contribution in [0.25, 0.3) is 11.1 Å². The number of piperidine rings is 1. The highest BCUT2D eigenvalue weighted by molar-refractivity contribution is 5.83. The van der Waals surface area contributed by atoms with E-state index in [1.54, 1.807) is 13.8 Å². The predicted octanol–water partition coefficient (Wildman–Crippen LogP) is 6.48. The van der Waals surface area contributed by atoms with Gasteiger partial charge >= 0.3 is 12.1 Å². The van der Waals surface area contributed by atoms with Gasteiger partial charge in [-0.3, -0.25) is 19.3 Å². The summed E-state index contributed by atoms with van der Waals surface area (Å²) in [5.74, 6) is -3.86. The number of carbonyl (C=O) groups is 2. The molecule has 2 aromatic carbocycles. The molecule has 6 rings (SSSR count). The van der Waals surface area contributed by atoms with Crippen LogP contribution in [0, 0.1) is 49.6 Å². The Balaban J connectivity index is 1.56. The maximum absolute atomic E-state index is 16.6. The number of hydrogen-bond donors (Lipinski definition) is 2. The highest BCUT2D eigenvalue weighted by Crippen LogP contribution is 2.39. The van der Waals surface area contributed by atoms with Crippen LogP contribution in [-0.2, 0) is 26.9 Å². The van der Waals surface area contributed by atoms with Gasteiger partial charge in [0, 0.05) is 55.0 Å². The van der Waals surface area contributed by atoms with E-state index in [1.807, 2.05) is 4.90 Å². The number of aromatic nitrogens is 1. The number of carbonyl (C=O) groups excluding carboxylic acids is 1. The van der Waals surface area contributed by atoms with Crippen molar-refractivity contribution < 1.29 is 45.8 Å². The van der Waals surface area contributed by atoms with Crippen LogP contribution in [-0.4, -0.2) is 58.3 Å².